The molecule has 0 amide bonds. The number of pyridine rings is 1. The maximum atomic E-state index is 12.9. The Morgan fingerprint density at radius 3 is 2.95 bits per heavy atom. The molecule has 0 atom stereocenters. The van der Waals surface area contributed by atoms with Gasteiger partial charge in [-0.15, -0.1) is 0 Å². The smallest absolute Gasteiger partial charge is 0.344 e. The van der Waals surface area contributed by atoms with Crippen LogP contribution < -0.4 is 0 Å². The number of fused-ring (bicyclic) bond motifs is 1. The first-order chi connectivity index (χ1) is 10.2. The van der Waals surface area contributed by atoms with Gasteiger partial charge in [0.1, 0.15) is 11.3 Å². The first-order valence-electron chi connectivity index (χ1n) is 6.33. The zero-order valence-electron chi connectivity index (χ0n) is 11.2. The van der Waals surface area contributed by atoms with Crippen LogP contribution in [0.4, 0.5) is 4.39 Å². The minimum Gasteiger partial charge on any atom is -0.462 e. The molecule has 0 saturated carbocycles. The summed E-state index contributed by atoms with van der Waals surface area (Å²) in [7, 11) is 0. The van der Waals surface area contributed by atoms with Gasteiger partial charge in [0.25, 0.3) is 0 Å². The van der Waals surface area contributed by atoms with Crippen molar-refractivity contribution >= 4 is 11.6 Å². The molecule has 0 fully saturated rings. The standard InChI is InChI=1S/C14H11FN4O2/c1-2-21-14(20)11-12(9-4-5-10(15)17-8-9)18-19-7-3-6-16-13(11)19/h3-8H,2H2,1H3. The van der Waals surface area contributed by atoms with Crippen LogP contribution in [0, 0.1) is 5.95 Å². The van der Waals surface area contributed by atoms with Gasteiger partial charge in [-0.1, -0.05) is 0 Å². The highest BCUT2D eigenvalue weighted by molar-refractivity contribution is 6.02. The van der Waals surface area contributed by atoms with Crippen LogP contribution in [0.2, 0.25) is 0 Å². The Kier molecular flexibility index (Phi) is 3.31. The number of hydrogen-bond donors (Lipinski definition) is 0. The number of hydrogen-bond acceptors (Lipinski definition) is 5. The number of ether oxygens (including phenoxy) is 1. The number of rotatable bonds is 3. The highest BCUT2D eigenvalue weighted by Gasteiger charge is 2.23. The van der Waals surface area contributed by atoms with Gasteiger partial charge in [-0.25, -0.2) is 19.3 Å². The van der Waals surface area contributed by atoms with Crippen LogP contribution in [0.25, 0.3) is 16.9 Å². The fourth-order valence-corrected chi connectivity index (χ4v) is 2.00. The summed E-state index contributed by atoms with van der Waals surface area (Å²) >= 11 is 0. The molecule has 3 rings (SSSR count). The molecule has 21 heavy (non-hydrogen) atoms. The lowest BCUT2D eigenvalue weighted by Gasteiger charge is -2.02. The number of carbonyl (C=O) groups is 1. The zero-order chi connectivity index (χ0) is 14.8. The third kappa shape index (κ3) is 2.33. The molecule has 0 aliphatic rings. The summed E-state index contributed by atoms with van der Waals surface area (Å²) in [5.74, 6) is -1.12. The summed E-state index contributed by atoms with van der Waals surface area (Å²) in [6, 6.07) is 4.41. The number of halogens is 1. The Bertz CT molecular complexity index is 798. The predicted octanol–water partition coefficient (Wildman–Crippen LogP) is 2.11. The summed E-state index contributed by atoms with van der Waals surface area (Å²) in [6.45, 7) is 1.96. The van der Waals surface area contributed by atoms with Gasteiger partial charge in [0.15, 0.2) is 5.65 Å². The van der Waals surface area contributed by atoms with Crippen molar-refractivity contribution < 1.29 is 13.9 Å². The van der Waals surface area contributed by atoms with Crippen molar-refractivity contribution in [2.45, 2.75) is 6.92 Å². The summed E-state index contributed by atoms with van der Waals surface area (Å²) in [5.41, 5.74) is 1.51. The molecule has 3 aromatic rings. The van der Waals surface area contributed by atoms with Gasteiger partial charge >= 0.3 is 5.97 Å². The Hall–Kier alpha value is -2.83. The van der Waals surface area contributed by atoms with E-state index in [1.165, 1.54) is 22.8 Å². The monoisotopic (exact) mass is 286 g/mol. The molecule has 0 spiro atoms. The lowest BCUT2D eigenvalue weighted by atomic mass is 10.1. The fourth-order valence-electron chi connectivity index (χ4n) is 2.00. The second-order valence-corrected chi connectivity index (χ2v) is 4.20. The maximum Gasteiger partial charge on any atom is 0.344 e. The van der Waals surface area contributed by atoms with E-state index in [0.717, 1.165) is 0 Å². The van der Waals surface area contributed by atoms with E-state index in [9.17, 15) is 9.18 Å². The van der Waals surface area contributed by atoms with Crippen LogP contribution in [0.1, 0.15) is 17.3 Å². The molecule has 0 aromatic carbocycles. The van der Waals surface area contributed by atoms with Gasteiger partial charge in [-0.2, -0.15) is 9.49 Å². The molecule has 0 unspecified atom stereocenters. The van der Waals surface area contributed by atoms with E-state index in [2.05, 4.69) is 15.1 Å². The predicted molar refractivity (Wildman–Crippen MR) is 72.1 cm³/mol. The molecule has 7 heteroatoms. The van der Waals surface area contributed by atoms with Gasteiger partial charge in [-0.05, 0) is 25.1 Å². The second-order valence-electron chi connectivity index (χ2n) is 4.20. The molecule has 0 N–H and O–H groups in total. The average molecular weight is 286 g/mol. The van der Waals surface area contributed by atoms with Crippen LogP contribution in [0.15, 0.2) is 36.8 Å². The molecule has 0 bridgehead atoms. The third-order valence-corrected chi connectivity index (χ3v) is 2.88. The number of esters is 1. The van der Waals surface area contributed by atoms with Crippen molar-refractivity contribution in [3.8, 4) is 11.3 Å². The highest BCUT2D eigenvalue weighted by atomic mass is 19.1. The van der Waals surface area contributed by atoms with Crippen molar-refractivity contribution in [1.29, 1.82) is 0 Å². The lowest BCUT2D eigenvalue weighted by Crippen LogP contribution is -2.06. The molecular weight excluding hydrogens is 275 g/mol. The minimum atomic E-state index is -0.599. The Labute approximate surface area is 119 Å². The summed E-state index contributed by atoms with van der Waals surface area (Å²) < 4.78 is 19.5. The van der Waals surface area contributed by atoms with Gasteiger partial charge < -0.3 is 4.74 Å². The highest BCUT2D eigenvalue weighted by Crippen LogP contribution is 2.25. The molecule has 0 radical (unpaired) electrons. The van der Waals surface area contributed by atoms with Crippen molar-refractivity contribution in [3.05, 3.63) is 48.3 Å². The van der Waals surface area contributed by atoms with Crippen LogP contribution in [-0.4, -0.2) is 32.2 Å². The first kappa shape index (κ1) is 13.2. The summed E-state index contributed by atoms with van der Waals surface area (Å²) in [4.78, 5) is 19.9. The second kappa shape index (κ2) is 5.28. The molecule has 0 aliphatic heterocycles. The van der Waals surface area contributed by atoms with Crippen molar-refractivity contribution in [1.82, 2.24) is 19.6 Å². The van der Waals surface area contributed by atoms with E-state index >= 15 is 0 Å². The molecular formula is C14H11FN4O2. The molecule has 106 valence electrons. The van der Waals surface area contributed by atoms with Crippen LogP contribution in [0.5, 0.6) is 0 Å². The third-order valence-electron chi connectivity index (χ3n) is 2.88. The summed E-state index contributed by atoms with van der Waals surface area (Å²) in [6.07, 6.45) is 4.55. The number of nitrogens with zero attached hydrogens (tertiary/aromatic N) is 4. The Morgan fingerprint density at radius 1 is 1.38 bits per heavy atom. The Morgan fingerprint density at radius 2 is 2.24 bits per heavy atom. The van der Waals surface area contributed by atoms with Gasteiger partial charge in [-0.3, -0.25) is 0 Å². The normalized spacial score (nSPS) is 10.8. The Balaban J connectivity index is 2.23. The maximum absolute atomic E-state index is 12.9. The van der Waals surface area contributed by atoms with E-state index in [0.29, 0.717) is 16.9 Å². The molecule has 0 saturated heterocycles. The molecule has 3 aromatic heterocycles. The van der Waals surface area contributed by atoms with Crippen molar-refractivity contribution in [2.75, 3.05) is 6.61 Å². The van der Waals surface area contributed by atoms with Crippen LogP contribution >= 0.6 is 0 Å². The number of carbonyl (C=O) groups excluding carboxylic acids is 1. The van der Waals surface area contributed by atoms with Crippen molar-refractivity contribution in [3.63, 3.8) is 0 Å². The van der Waals surface area contributed by atoms with Gasteiger partial charge in [0, 0.05) is 24.2 Å². The topological polar surface area (TPSA) is 69.4 Å². The molecule has 6 nitrogen and oxygen atoms in total. The molecule has 3 heterocycles. The van der Waals surface area contributed by atoms with Gasteiger partial charge in [0.2, 0.25) is 5.95 Å². The number of aromatic nitrogens is 4. The largest absolute Gasteiger partial charge is 0.462 e. The first-order valence-corrected chi connectivity index (χ1v) is 6.33. The van der Waals surface area contributed by atoms with Crippen molar-refractivity contribution in [2.24, 2.45) is 0 Å². The van der Waals surface area contributed by atoms with Gasteiger partial charge in [0.05, 0.1) is 6.61 Å². The SMILES string of the molecule is CCOC(=O)c1c(-c2ccc(F)nc2)nn2cccnc12. The van der Waals surface area contributed by atoms with E-state index in [-0.39, 0.29) is 12.2 Å². The van der Waals surface area contributed by atoms with Crippen LogP contribution in [0.3, 0.4) is 0 Å². The lowest BCUT2D eigenvalue weighted by molar-refractivity contribution is 0.0529. The zero-order valence-corrected chi connectivity index (χ0v) is 11.2. The fraction of sp³-hybridized carbons (Fsp3) is 0.143. The van der Waals surface area contributed by atoms with E-state index in [1.807, 2.05) is 0 Å². The quantitative estimate of drug-likeness (QED) is 0.545. The van der Waals surface area contributed by atoms with E-state index in [1.54, 1.807) is 25.4 Å². The summed E-state index contributed by atoms with van der Waals surface area (Å²) in [5, 5.41) is 4.31. The average Bonchev–Trinajstić information content (AvgIpc) is 2.87. The molecule has 0 aliphatic carbocycles. The minimum absolute atomic E-state index is 0.240. The van der Waals surface area contributed by atoms with Crippen LogP contribution in [-0.2, 0) is 4.74 Å². The van der Waals surface area contributed by atoms with E-state index < -0.39 is 11.9 Å². The van der Waals surface area contributed by atoms with E-state index in [4.69, 9.17) is 4.74 Å².